The summed E-state index contributed by atoms with van der Waals surface area (Å²) in [7, 11) is 0. The van der Waals surface area contributed by atoms with E-state index in [1.807, 2.05) is 0 Å². The van der Waals surface area contributed by atoms with Gasteiger partial charge in [0.25, 0.3) is 0 Å². The van der Waals surface area contributed by atoms with Crippen LogP contribution in [0.25, 0.3) is 0 Å². The molecular formula is C6H13N3O. The smallest absolute Gasteiger partial charge is 0.0971 e. The van der Waals surface area contributed by atoms with Crippen molar-refractivity contribution in [3.05, 3.63) is 0 Å². The van der Waals surface area contributed by atoms with Gasteiger partial charge in [0.1, 0.15) is 0 Å². The van der Waals surface area contributed by atoms with Crippen molar-refractivity contribution < 1.29 is 5.21 Å². The molecule has 0 fully saturated rings. The van der Waals surface area contributed by atoms with Gasteiger partial charge in [-0.1, -0.05) is 5.16 Å². The highest BCUT2D eigenvalue weighted by atomic mass is 16.4. The number of hydrogen-bond acceptors (Lipinski definition) is 4. The predicted molar refractivity (Wildman–Crippen MR) is 41.9 cm³/mol. The van der Waals surface area contributed by atoms with Crippen molar-refractivity contribution in [2.75, 3.05) is 13.1 Å². The van der Waals surface area contributed by atoms with Crippen molar-refractivity contribution in [1.82, 2.24) is 0 Å². The molecule has 0 bridgehead atoms. The van der Waals surface area contributed by atoms with Crippen molar-refractivity contribution in [2.45, 2.75) is 13.8 Å². The third kappa shape index (κ3) is 3.19. The minimum atomic E-state index is 0.524. The predicted octanol–water partition coefficient (Wildman–Crippen LogP) is 0.256. The van der Waals surface area contributed by atoms with E-state index in [4.69, 9.17) is 10.9 Å². The quantitative estimate of drug-likeness (QED) is 0.338. The molecule has 0 saturated heterocycles. The monoisotopic (exact) mass is 143 g/mol. The highest BCUT2D eigenvalue weighted by Gasteiger charge is 1.93. The molecule has 0 amide bonds. The average molecular weight is 143 g/mol. The summed E-state index contributed by atoms with van der Waals surface area (Å²) in [6, 6.07) is 0. The Hall–Kier alpha value is -0.900. The third-order valence-electron chi connectivity index (χ3n) is 1.15. The summed E-state index contributed by atoms with van der Waals surface area (Å²) in [5.41, 5.74) is 6.47. The van der Waals surface area contributed by atoms with Gasteiger partial charge in [-0.05, 0) is 13.8 Å². The fourth-order valence-corrected chi connectivity index (χ4v) is 0.419. The highest BCUT2D eigenvalue weighted by Crippen LogP contribution is 1.82. The molecule has 0 aliphatic rings. The molecule has 0 atom stereocenters. The van der Waals surface area contributed by atoms with Gasteiger partial charge in [-0.3, -0.25) is 4.99 Å². The van der Waals surface area contributed by atoms with E-state index in [0.29, 0.717) is 18.8 Å². The Bertz CT molecular complexity index is 151. The van der Waals surface area contributed by atoms with Crippen LogP contribution >= 0.6 is 0 Å². The van der Waals surface area contributed by atoms with Crippen molar-refractivity contribution in [3.8, 4) is 0 Å². The fraction of sp³-hybridized carbons (Fsp3) is 0.667. The van der Waals surface area contributed by atoms with Crippen LogP contribution in [0, 0.1) is 0 Å². The topological polar surface area (TPSA) is 71.0 Å². The van der Waals surface area contributed by atoms with E-state index >= 15 is 0 Å². The Morgan fingerprint density at radius 1 is 1.40 bits per heavy atom. The second kappa shape index (κ2) is 4.93. The van der Waals surface area contributed by atoms with Gasteiger partial charge >= 0.3 is 0 Å². The van der Waals surface area contributed by atoms with Crippen LogP contribution in [0.1, 0.15) is 13.8 Å². The maximum absolute atomic E-state index is 8.28. The van der Waals surface area contributed by atoms with Gasteiger partial charge in [0.05, 0.1) is 18.0 Å². The Morgan fingerprint density at radius 3 is 2.40 bits per heavy atom. The molecule has 10 heavy (non-hydrogen) atoms. The van der Waals surface area contributed by atoms with Crippen molar-refractivity contribution in [2.24, 2.45) is 15.9 Å². The Balaban J connectivity index is 3.93. The molecule has 0 spiro atoms. The van der Waals surface area contributed by atoms with Gasteiger partial charge in [-0.15, -0.1) is 0 Å². The van der Waals surface area contributed by atoms with Crippen molar-refractivity contribution in [3.63, 3.8) is 0 Å². The van der Waals surface area contributed by atoms with Gasteiger partial charge in [0.2, 0.25) is 0 Å². The number of aliphatic imine (C=N–C) groups is 1. The fourth-order valence-electron chi connectivity index (χ4n) is 0.419. The zero-order valence-electron chi connectivity index (χ0n) is 6.33. The molecule has 0 unspecified atom stereocenters. The molecule has 3 N–H and O–H groups in total. The van der Waals surface area contributed by atoms with Crippen LogP contribution in [-0.2, 0) is 0 Å². The second-order valence-electron chi connectivity index (χ2n) is 1.94. The average Bonchev–Trinajstić information content (AvgIpc) is 1.98. The van der Waals surface area contributed by atoms with E-state index in [1.54, 1.807) is 13.8 Å². The summed E-state index contributed by atoms with van der Waals surface area (Å²) < 4.78 is 0. The van der Waals surface area contributed by atoms with E-state index in [9.17, 15) is 0 Å². The first-order valence-corrected chi connectivity index (χ1v) is 3.12. The Labute approximate surface area is 60.4 Å². The molecule has 0 aliphatic heterocycles. The first-order chi connectivity index (χ1) is 4.72. The SMILES string of the molecule is CC(=NCCN)/C(C)=N\O. The van der Waals surface area contributed by atoms with Gasteiger partial charge in [-0.25, -0.2) is 0 Å². The van der Waals surface area contributed by atoms with Crippen molar-refractivity contribution >= 4 is 11.4 Å². The number of hydrogen-bond donors (Lipinski definition) is 2. The lowest BCUT2D eigenvalue weighted by atomic mass is 10.3. The molecule has 4 nitrogen and oxygen atoms in total. The van der Waals surface area contributed by atoms with Crippen molar-refractivity contribution in [1.29, 1.82) is 0 Å². The van der Waals surface area contributed by atoms with Gasteiger partial charge < -0.3 is 10.9 Å². The van der Waals surface area contributed by atoms with Crippen LogP contribution in [0.5, 0.6) is 0 Å². The lowest BCUT2D eigenvalue weighted by Crippen LogP contribution is -2.10. The van der Waals surface area contributed by atoms with E-state index in [1.165, 1.54) is 0 Å². The molecule has 0 heterocycles. The molecule has 0 saturated carbocycles. The highest BCUT2D eigenvalue weighted by molar-refractivity contribution is 6.40. The molecule has 58 valence electrons. The molecule has 0 rings (SSSR count). The van der Waals surface area contributed by atoms with E-state index in [0.717, 1.165) is 5.71 Å². The molecule has 0 aliphatic carbocycles. The van der Waals surface area contributed by atoms with E-state index < -0.39 is 0 Å². The Morgan fingerprint density at radius 2 is 2.00 bits per heavy atom. The van der Waals surface area contributed by atoms with Crippen LogP contribution in [-0.4, -0.2) is 29.7 Å². The van der Waals surface area contributed by atoms with Crippen LogP contribution in [0.4, 0.5) is 0 Å². The van der Waals surface area contributed by atoms with Gasteiger partial charge in [0, 0.05) is 6.54 Å². The maximum atomic E-state index is 8.28. The minimum absolute atomic E-state index is 0.524. The normalized spacial score (nSPS) is 13.9. The maximum Gasteiger partial charge on any atom is 0.0971 e. The summed E-state index contributed by atoms with van der Waals surface area (Å²) in [5, 5.41) is 11.3. The molecule has 0 radical (unpaired) electrons. The van der Waals surface area contributed by atoms with Gasteiger partial charge in [0.15, 0.2) is 0 Å². The standard InChI is InChI=1S/C6H13N3O/c1-5(6(2)9-10)8-4-3-7/h10H,3-4,7H2,1-2H3/b8-5?,9-6-. The van der Waals surface area contributed by atoms with Crippen LogP contribution in [0.2, 0.25) is 0 Å². The van der Waals surface area contributed by atoms with Gasteiger partial charge in [-0.2, -0.15) is 0 Å². The number of oxime groups is 1. The molecule has 0 aromatic heterocycles. The first-order valence-electron chi connectivity index (χ1n) is 3.12. The van der Waals surface area contributed by atoms with E-state index in [-0.39, 0.29) is 0 Å². The lowest BCUT2D eigenvalue weighted by Gasteiger charge is -1.94. The van der Waals surface area contributed by atoms with Crippen LogP contribution < -0.4 is 5.73 Å². The minimum Gasteiger partial charge on any atom is -0.411 e. The van der Waals surface area contributed by atoms with Crippen LogP contribution in [0.15, 0.2) is 10.1 Å². The summed E-state index contributed by atoms with van der Waals surface area (Å²) in [6.07, 6.45) is 0. The zero-order valence-corrected chi connectivity index (χ0v) is 6.33. The summed E-state index contributed by atoms with van der Waals surface area (Å²) in [5.74, 6) is 0. The molecule has 0 aromatic carbocycles. The zero-order chi connectivity index (χ0) is 7.98. The number of rotatable bonds is 3. The second-order valence-corrected chi connectivity index (χ2v) is 1.94. The lowest BCUT2D eigenvalue weighted by molar-refractivity contribution is 0.320. The molecule has 0 aromatic rings. The summed E-state index contributed by atoms with van der Waals surface area (Å²) in [4.78, 5) is 4.01. The summed E-state index contributed by atoms with van der Waals surface area (Å²) >= 11 is 0. The number of nitrogens with two attached hydrogens (primary N) is 1. The third-order valence-corrected chi connectivity index (χ3v) is 1.15. The largest absolute Gasteiger partial charge is 0.411 e. The molecular weight excluding hydrogens is 130 g/mol. The van der Waals surface area contributed by atoms with E-state index in [2.05, 4.69) is 10.1 Å². The first kappa shape index (κ1) is 9.10. The Kier molecular flexibility index (Phi) is 4.49. The van der Waals surface area contributed by atoms with Crippen LogP contribution in [0.3, 0.4) is 0 Å². The summed E-state index contributed by atoms with van der Waals surface area (Å²) in [6.45, 7) is 4.58. The molecule has 4 heteroatoms. The number of nitrogens with zero attached hydrogens (tertiary/aromatic N) is 2.